The van der Waals surface area contributed by atoms with E-state index in [1.54, 1.807) is 12.4 Å². The van der Waals surface area contributed by atoms with Gasteiger partial charge in [0.2, 0.25) is 5.88 Å². The molecule has 0 aromatic carbocycles. The molecule has 158 valence electrons. The molecule has 4 aromatic rings. The van der Waals surface area contributed by atoms with Gasteiger partial charge in [-0.15, -0.1) is 0 Å². The average Bonchev–Trinajstić information content (AvgIpc) is 3.07. The van der Waals surface area contributed by atoms with Gasteiger partial charge in [-0.2, -0.15) is 0 Å². The molecule has 9 heteroatoms. The second kappa shape index (κ2) is 7.66. The lowest BCUT2D eigenvalue weighted by Crippen LogP contribution is -2.51. The van der Waals surface area contributed by atoms with E-state index in [0.29, 0.717) is 40.8 Å². The molecule has 1 fully saturated rings. The zero-order valence-electron chi connectivity index (χ0n) is 17.6. The Morgan fingerprint density at radius 1 is 1.10 bits per heavy atom. The van der Waals surface area contributed by atoms with Gasteiger partial charge in [0, 0.05) is 37.1 Å². The number of aryl methyl sites for hydroxylation is 2. The number of imidazole rings is 1. The van der Waals surface area contributed by atoms with Crippen LogP contribution in [-0.4, -0.2) is 60.6 Å². The number of fused-ring (bicyclic) bond motifs is 1. The van der Waals surface area contributed by atoms with E-state index in [2.05, 4.69) is 31.9 Å². The zero-order chi connectivity index (χ0) is 21.5. The van der Waals surface area contributed by atoms with Crippen molar-refractivity contribution >= 4 is 11.2 Å². The minimum Gasteiger partial charge on any atom is -0.472 e. The quantitative estimate of drug-likeness (QED) is 0.492. The van der Waals surface area contributed by atoms with Gasteiger partial charge >= 0.3 is 0 Å². The molecule has 5 heterocycles. The molecule has 5 rings (SSSR count). The Morgan fingerprint density at radius 2 is 1.94 bits per heavy atom. The number of likely N-dealkylation sites (tertiary alicyclic amines) is 1. The molecule has 0 bridgehead atoms. The van der Waals surface area contributed by atoms with Crippen molar-refractivity contribution in [3.63, 3.8) is 0 Å². The van der Waals surface area contributed by atoms with E-state index >= 15 is 0 Å². The maximum absolute atomic E-state index is 13.9. The summed E-state index contributed by atoms with van der Waals surface area (Å²) in [5.74, 6) is 1.44. The lowest BCUT2D eigenvalue weighted by molar-refractivity contribution is 0.0355. The molecule has 1 aliphatic rings. The van der Waals surface area contributed by atoms with E-state index in [-0.39, 0.29) is 6.10 Å². The Kier molecular flexibility index (Phi) is 4.82. The molecule has 1 aliphatic heterocycles. The maximum Gasteiger partial charge on any atom is 0.213 e. The van der Waals surface area contributed by atoms with Crippen LogP contribution in [-0.2, 0) is 6.54 Å². The Morgan fingerprint density at radius 3 is 2.65 bits per heavy atom. The van der Waals surface area contributed by atoms with Gasteiger partial charge in [-0.25, -0.2) is 24.3 Å². The van der Waals surface area contributed by atoms with Crippen molar-refractivity contribution < 1.29 is 9.13 Å². The predicted molar refractivity (Wildman–Crippen MR) is 113 cm³/mol. The number of pyridine rings is 2. The van der Waals surface area contributed by atoms with Gasteiger partial charge in [-0.05, 0) is 32.5 Å². The highest BCUT2D eigenvalue weighted by atomic mass is 19.1. The first-order valence-electron chi connectivity index (χ1n) is 10.1. The summed E-state index contributed by atoms with van der Waals surface area (Å²) in [5.41, 5.74) is 3.70. The fourth-order valence-corrected chi connectivity index (χ4v) is 3.82. The first kappa shape index (κ1) is 19.5. The van der Waals surface area contributed by atoms with Gasteiger partial charge in [-0.1, -0.05) is 6.07 Å². The number of likely N-dealkylation sites (N-methyl/N-ethyl adjacent to an activating group) is 1. The lowest BCUT2D eigenvalue weighted by atomic mass is 10.2. The standard InChI is InChI=1S/C22H22FN7O/c1-13-20-22(27-14(2)26-13)30(21(28-20)16-6-17(23)9-24-8-16)10-15-4-5-19(25-7-15)31-18-11-29(3)12-18/h4-9,18H,10-12H2,1-3H3. The van der Waals surface area contributed by atoms with E-state index in [1.165, 1.54) is 12.3 Å². The Bertz CT molecular complexity index is 1250. The highest BCUT2D eigenvalue weighted by Crippen LogP contribution is 2.26. The van der Waals surface area contributed by atoms with E-state index in [4.69, 9.17) is 9.72 Å². The number of aromatic nitrogens is 6. The van der Waals surface area contributed by atoms with Crippen LogP contribution in [0.4, 0.5) is 4.39 Å². The third-order valence-corrected chi connectivity index (χ3v) is 5.30. The number of nitrogens with zero attached hydrogens (tertiary/aromatic N) is 7. The van der Waals surface area contributed by atoms with Gasteiger partial charge in [0.15, 0.2) is 5.65 Å². The van der Waals surface area contributed by atoms with Crippen LogP contribution in [0.15, 0.2) is 36.8 Å². The topological polar surface area (TPSA) is 81.9 Å². The third-order valence-electron chi connectivity index (χ3n) is 5.30. The number of halogens is 1. The first-order valence-corrected chi connectivity index (χ1v) is 10.1. The van der Waals surface area contributed by atoms with Crippen molar-refractivity contribution in [1.29, 1.82) is 0 Å². The molecule has 4 aromatic heterocycles. The summed E-state index contributed by atoms with van der Waals surface area (Å²) in [7, 11) is 2.06. The van der Waals surface area contributed by atoms with E-state index in [1.807, 2.05) is 30.5 Å². The predicted octanol–water partition coefficient (Wildman–Crippen LogP) is 2.78. The summed E-state index contributed by atoms with van der Waals surface area (Å²) in [5, 5.41) is 0. The minimum absolute atomic E-state index is 0.190. The zero-order valence-corrected chi connectivity index (χ0v) is 17.6. The summed E-state index contributed by atoms with van der Waals surface area (Å²) < 4.78 is 21.7. The second-order valence-electron chi connectivity index (χ2n) is 7.91. The van der Waals surface area contributed by atoms with Gasteiger partial charge in [-0.3, -0.25) is 9.88 Å². The molecule has 0 aliphatic carbocycles. The molecule has 1 saturated heterocycles. The molecule has 0 radical (unpaired) electrons. The summed E-state index contributed by atoms with van der Waals surface area (Å²) >= 11 is 0. The Balaban J connectivity index is 1.51. The van der Waals surface area contributed by atoms with Crippen LogP contribution < -0.4 is 4.74 Å². The van der Waals surface area contributed by atoms with E-state index < -0.39 is 5.82 Å². The number of ether oxygens (including phenoxy) is 1. The van der Waals surface area contributed by atoms with Crippen LogP contribution in [0.1, 0.15) is 17.1 Å². The van der Waals surface area contributed by atoms with Crippen LogP contribution in [0.25, 0.3) is 22.6 Å². The smallest absolute Gasteiger partial charge is 0.213 e. The van der Waals surface area contributed by atoms with Crippen molar-refractivity contribution in [3.8, 4) is 17.3 Å². The van der Waals surface area contributed by atoms with Crippen molar-refractivity contribution in [2.24, 2.45) is 0 Å². The molecule has 0 saturated carbocycles. The summed E-state index contributed by atoms with van der Waals surface area (Å²) in [6.07, 6.45) is 4.75. The molecular formula is C22H22FN7O. The van der Waals surface area contributed by atoms with Crippen LogP contribution in [0.3, 0.4) is 0 Å². The molecule has 0 atom stereocenters. The Labute approximate surface area is 178 Å². The molecular weight excluding hydrogens is 397 g/mol. The van der Waals surface area contributed by atoms with Crippen molar-refractivity contribution in [1.82, 2.24) is 34.4 Å². The molecule has 8 nitrogen and oxygen atoms in total. The largest absolute Gasteiger partial charge is 0.472 e. The van der Waals surface area contributed by atoms with Crippen molar-refractivity contribution in [3.05, 3.63) is 59.7 Å². The number of hydrogen-bond donors (Lipinski definition) is 0. The molecule has 0 amide bonds. The number of hydrogen-bond acceptors (Lipinski definition) is 7. The van der Waals surface area contributed by atoms with E-state index in [9.17, 15) is 4.39 Å². The molecule has 0 spiro atoms. The Hall–Kier alpha value is -3.46. The van der Waals surface area contributed by atoms with Gasteiger partial charge in [0.05, 0.1) is 18.4 Å². The molecule has 0 N–H and O–H groups in total. The maximum atomic E-state index is 13.9. The normalized spacial score (nSPS) is 14.7. The number of rotatable bonds is 5. The lowest BCUT2D eigenvalue weighted by Gasteiger charge is -2.35. The van der Waals surface area contributed by atoms with Crippen LogP contribution in [0.2, 0.25) is 0 Å². The van der Waals surface area contributed by atoms with E-state index in [0.717, 1.165) is 24.3 Å². The van der Waals surface area contributed by atoms with Crippen LogP contribution in [0, 0.1) is 19.7 Å². The monoisotopic (exact) mass is 419 g/mol. The van der Waals surface area contributed by atoms with Crippen molar-refractivity contribution in [2.45, 2.75) is 26.5 Å². The highest BCUT2D eigenvalue weighted by Gasteiger charge is 2.25. The minimum atomic E-state index is -0.417. The molecule has 31 heavy (non-hydrogen) atoms. The fourth-order valence-electron chi connectivity index (χ4n) is 3.82. The van der Waals surface area contributed by atoms with Gasteiger partial charge in [0.25, 0.3) is 0 Å². The SMILES string of the molecule is Cc1nc(C)c2nc(-c3cncc(F)c3)n(Cc3ccc(OC4CN(C)C4)nc3)c2n1. The summed E-state index contributed by atoms with van der Waals surface area (Å²) in [4.78, 5) is 24.4. The fraction of sp³-hybridized carbons (Fsp3) is 0.318. The molecule has 0 unspecified atom stereocenters. The van der Waals surface area contributed by atoms with Crippen LogP contribution >= 0.6 is 0 Å². The summed E-state index contributed by atoms with van der Waals surface area (Å²) in [6.45, 7) is 6.03. The van der Waals surface area contributed by atoms with Gasteiger partial charge in [0.1, 0.15) is 29.1 Å². The third kappa shape index (κ3) is 3.84. The second-order valence-corrected chi connectivity index (χ2v) is 7.91. The van der Waals surface area contributed by atoms with Crippen molar-refractivity contribution in [2.75, 3.05) is 20.1 Å². The average molecular weight is 419 g/mol. The van der Waals surface area contributed by atoms with Crippen LogP contribution in [0.5, 0.6) is 5.88 Å². The summed E-state index contributed by atoms with van der Waals surface area (Å²) in [6, 6.07) is 5.28. The first-order chi connectivity index (χ1) is 15.0. The van der Waals surface area contributed by atoms with Gasteiger partial charge < -0.3 is 9.30 Å². The highest BCUT2D eigenvalue weighted by molar-refractivity contribution is 5.79.